The molecule has 1 aliphatic heterocycles. The van der Waals surface area contributed by atoms with Crippen LogP contribution in [0, 0.1) is 17.3 Å². The first-order valence-corrected chi connectivity index (χ1v) is 26.1. The van der Waals surface area contributed by atoms with Crippen LogP contribution in [0.25, 0.3) is 17.0 Å². The fraction of sp³-hybridized carbons (Fsp3) is 0.462. The Morgan fingerprint density at radius 2 is 1.49 bits per heavy atom. The van der Waals surface area contributed by atoms with Gasteiger partial charge in [-0.05, 0) is 79.6 Å². The van der Waals surface area contributed by atoms with Crippen molar-refractivity contribution >= 4 is 100 Å². The van der Waals surface area contributed by atoms with Crippen molar-refractivity contribution < 1.29 is 37.9 Å². The van der Waals surface area contributed by atoms with E-state index < -0.39 is 83.1 Å². The second-order valence-electron chi connectivity index (χ2n) is 19.5. The summed E-state index contributed by atoms with van der Waals surface area (Å²) in [6.45, 7) is 18.4. The zero-order valence-corrected chi connectivity index (χ0v) is 43.9. The van der Waals surface area contributed by atoms with E-state index in [1.807, 2.05) is 131 Å². The van der Waals surface area contributed by atoms with Gasteiger partial charge < -0.3 is 19.2 Å². The Hall–Kier alpha value is -4.63. The molecule has 0 spiro atoms. The minimum Gasteiger partial charge on any atom is -0.460 e. The Labute approximate surface area is 416 Å². The quantitative estimate of drug-likeness (QED) is 0.0561. The summed E-state index contributed by atoms with van der Waals surface area (Å²) >= 11 is 17.6. The SMILES string of the molecule is CC(=O)O[C@H](C)c1ccc2ccc(/C=C/C(C)(C)C(=O)C[C@H](C(=O)N[C@H](C(=O)N3CCC[C@@H](C(=O)OCC(Cl)(Cl)Cl)N3)[C@@H](C)O[Si](c3ccccc3)(c3ccccc3)C(C)(C)C)C(C)C)cc2n1. The summed E-state index contributed by atoms with van der Waals surface area (Å²) in [5.74, 6) is -3.41. The van der Waals surface area contributed by atoms with Crippen LogP contribution in [0.4, 0.5) is 0 Å². The standard InChI is InChI=1S/C52H65Cl3N4O8Si/c1-33(2)41(31-45(61)51(9,10)28-27-37-23-24-38-25-26-42(56-44(38)30-37)34(3)66-36(5)60)47(62)57-46(48(63)59-29-17-22-43(58-59)49(64)65-32-52(53,54)55)35(4)67-68(50(6,7)8,39-18-13-11-14-19-39)40-20-15-12-16-21-40/h11-16,18-21,23-28,30,33-35,41,43,46,58H,17,22,29,31-32H2,1-10H3,(H,57,62)/b28-27+/t34-,35-,41+,43+,46+/m1/s1. The number of hydrogen-bond donors (Lipinski definition) is 2. The number of allylic oxidation sites excluding steroid dienone is 1. The minimum absolute atomic E-state index is 0.110. The van der Waals surface area contributed by atoms with Crippen LogP contribution in [0.5, 0.6) is 0 Å². The number of amides is 2. The molecular weight excluding hydrogens is 943 g/mol. The highest BCUT2D eigenvalue weighted by Gasteiger charge is 2.53. The van der Waals surface area contributed by atoms with E-state index in [2.05, 4.69) is 31.5 Å². The summed E-state index contributed by atoms with van der Waals surface area (Å²) in [6, 6.07) is 27.3. The summed E-state index contributed by atoms with van der Waals surface area (Å²) in [6.07, 6.45) is 2.92. The van der Waals surface area contributed by atoms with E-state index in [0.29, 0.717) is 24.1 Å². The monoisotopic (exact) mass is 1010 g/mol. The molecule has 1 fully saturated rings. The zero-order valence-electron chi connectivity index (χ0n) is 40.6. The molecule has 0 saturated carbocycles. The Kier molecular flexibility index (Phi) is 18.3. The van der Waals surface area contributed by atoms with Gasteiger partial charge in [-0.2, -0.15) is 0 Å². The maximum Gasteiger partial charge on any atom is 0.325 e. The number of fused-ring (bicyclic) bond motifs is 1. The molecule has 2 amide bonds. The lowest BCUT2D eigenvalue weighted by atomic mass is 9.79. The van der Waals surface area contributed by atoms with Gasteiger partial charge in [0.25, 0.3) is 14.2 Å². The van der Waals surface area contributed by atoms with E-state index in [1.54, 1.807) is 13.8 Å². The van der Waals surface area contributed by atoms with Crippen LogP contribution in [-0.4, -0.2) is 83.0 Å². The molecule has 12 nitrogen and oxygen atoms in total. The smallest absolute Gasteiger partial charge is 0.325 e. The van der Waals surface area contributed by atoms with E-state index in [-0.39, 0.29) is 24.7 Å². The number of carbonyl (C=O) groups excluding carboxylic acids is 5. The third kappa shape index (κ3) is 13.8. The van der Waals surface area contributed by atoms with Crippen molar-refractivity contribution in [2.24, 2.45) is 17.3 Å². The van der Waals surface area contributed by atoms with Crippen LogP contribution in [0.2, 0.25) is 5.04 Å². The molecule has 5 rings (SSSR count). The third-order valence-electron chi connectivity index (χ3n) is 12.4. The second-order valence-corrected chi connectivity index (χ2v) is 26.3. The first-order chi connectivity index (χ1) is 31.8. The fourth-order valence-electron chi connectivity index (χ4n) is 8.50. The lowest BCUT2D eigenvalue weighted by Crippen LogP contribution is -2.70. The number of ketones is 1. The van der Waals surface area contributed by atoms with E-state index >= 15 is 4.79 Å². The molecule has 0 aliphatic carbocycles. The van der Waals surface area contributed by atoms with E-state index in [1.165, 1.54) is 11.9 Å². The number of esters is 2. The fourth-order valence-corrected chi connectivity index (χ4v) is 13.4. The van der Waals surface area contributed by atoms with Gasteiger partial charge in [-0.15, -0.1) is 0 Å². The predicted molar refractivity (Wildman–Crippen MR) is 272 cm³/mol. The normalized spacial score (nSPS) is 16.8. The molecule has 4 aromatic rings. The van der Waals surface area contributed by atoms with Crippen LogP contribution in [-0.2, 0) is 37.9 Å². The number of nitrogens with one attached hydrogen (secondary N) is 2. The number of rotatable bonds is 18. The lowest BCUT2D eigenvalue weighted by Gasteiger charge is -2.46. The highest BCUT2D eigenvalue weighted by atomic mass is 35.6. The number of alkyl halides is 3. The number of hydrazine groups is 1. The van der Waals surface area contributed by atoms with Crippen LogP contribution in [0.3, 0.4) is 0 Å². The molecule has 68 heavy (non-hydrogen) atoms. The third-order valence-corrected chi connectivity index (χ3v) is 17.8. The summed E-state index contributed by atoms with van der Waals surface area (Å²) in [5.41, 5.74) is 4.15. The molecule has 366 valence electrons. The van der Waals surface area contributed by atoms with E-state index in [9.17, 15) is 19.2 Å². The van der Waals surface area contributed by atoms with Crippen molar-refractivity contribution in [2.45, 2.75) is 122 Å². The number of pyridine rings is 1. The van der Waals surface area contributed by atoms with Gasteiger partial charge in [0.15, 0.2) is 0 Å². The van der Waals surface area contributed by atoms with Gasteiger partial charge in [-0.3, -0.25) is 29.0 Å². The summed E-state index contributed by atoms with van der Waals surface area (Å²) < 4.78 is 16.2. The van der Waals surface area contributed by atoms with Gasteiger partial charge in [0.05, 0.1) is 17.3 Å². The molecule has 2 heterocycles. The second kappa shape index (κ2) is 22.9. The zero-order chi connectivity index (χ0) is 50.2. The molecule has 2 N–H and O–H groups in total. The van der Waals surface area contributed by atoms with Crippen molar-refractivity contribution in [3.05, 3.63) is 108 Å². The summed E-state index contributed by atoms with van der Waals surface area (Å²) in [4.78, 5) is 73.5. The van der Waals surface area contributed by atoms with Crippen molar-refractivity contribution in [2.75, 3.05) is 13.2 Å². The molecule has 0 unspecified atom stereocenters. The van der Waals surface area contributed by atoms with Crippen molar-refractivity contribution in [3.63, 3.8) is 0 Å². The number of carbonyl (C=O) groups is 5. The predicted octanol–water partition coefficient (Wildman–Crippen LogP) is 8.99. The van der Waals surface area contributed by atoms with Gasteiger partial charge in [-0.25, -0.2) is 10.4 Å². The topological polar surface area (TPSA) is 153 Å². The van der Waals surface area contributed by atoms with E-state index in [0.717, 1.165) is 21.3 Å². The van der Waals surface area contributed by atoms with Gasteiger partial charge in [0, 0.05) is 36.6 Å². The highest BCUT2D eigenvalue weighted by molar-refractivity contribution is 6.99. The number of benzene rings is 3. The number of aromatic nitrogens is 1. The number of halogens is 3. The Morgan fingerprint density at radius 1 is 0.882 bits per heavy atom. The summed E-state index contributed by atoms with van der Waals surface area (Å²) in [5, 5.41) is 6.80. The molecule has 1 aromatic heterocycles. The molecule has 16 heteroatoms. The highest BCUT2D eigenvalue weighted by Crippen LogP contribution is 2.38. The molecular formula is C52H65Cl3N4O8Si. The van der Waals surface area contributed by atoms with Crippen LogP contribution < -0.4 is 21.1 Å². The molecule has 1 saturated heterocycles. The summed E-state index contributed by atoms with van der Waals surface area (Å²) in [7, 11) is -3.29. The molecule has 3 aromatic carbocycles. The maximum absolute atomic E-state index is 15.0. The van der Waals surface area contributed by atoms with Crippen LogP contribution in [0.1, 0.15) is 106 Å². The van der Waals surface area contributed by atoms with Crippen LogP contribution in [0.15, 0.2) is 97.1 Å². The maximum atomic E-state index is 15.0. The number of hydrogen-bond acceptors (Lipinski definition) is 10. The Morgan fingerprint density at radius 3 is 2.04 bits per heavy atom. The molecule has 0 bridgehead atoms. The van der Waals surface area contributed by atoms with Crippen LogP contribution >= 0.6 is 34.8 Å². The number of Topliss-reactive ketones (excluding diaryl/α,β-unsaturated/α-hetero) is 1. The molecule has 5 atom stereocenters. The first-order valence-electron chi connectivity index (χ1n) is 23.0. The number of nitrogens with zero attached hydrogens (tertiary/aromatic N) is 2. The lowest BCUT2D eigenvalue weighted by molar-refractivity contribution is -0.154. The largest absolute Gasteiger partial charge is 0.460 e. The molecule has 0 radical (unpaired) electrons. The van der Waals surface area contributed by atoms with E-state index in [4.69, 9.17) is 53.7 Å². The average molecular weight is 1010 g/mol. The van der Waals surface area contributed by atoms with Gasteiger partial charge in [-0.1, -0.05) is 160 Å². The first kappa shape index (κ1) is 54.3. The van der Waals surface area contributed by atoms with Crippen molar-refractivity contribution in [1.82, 2.24) is 20.7 Å². The van der Waals surface area contributed by atoms with Gasteiger partial charge in [0.1, 0.15) is 30.6 Å². The number of ether oxygens (including phenoxy) is 2. The van der Waals surface area contributed by atoms with Crippen molar-refractivity contribution in [3.8, 4) is 0 Å². The average Bonchev–Trinajstić information content (AvgIpc) is 3.29. The Balaban J connectivity index is 1.45. The van der Waals surface area contributed by atoms with Crippen molar-refractivity contribution in [1.29, 1.82) is 0 Å². The molecule has 1 aliphatic rings. The minimum atomic E-state index is -3.29. The van der Waals surface area contributed by atoms with Gasteiger partial charge in [0.2, 0.25) is 9.70 Å². The Bertz CT molecular complexity index is 2400. The van der Waals surface area contributed by atoms with Gasteiger partial charge >= 0.3 is 11.9 Å².